The second-order valence-corrected chi connectivity index (χ2v) is 4.57. The zero-order valence-electron chi connectivity index (χ0n) is 10.4. The van der Waals surface area contributed by atoms with E-state index in [2.05, 4.69) is 10.2 Å². The van der Waals surface area contributed by atoms with Gasteiger partial charge in [-0.15, -0.1) is 0 Å². The van der Waals surface area contributed by atoms with E-state index in [0.29, 0.717) is 0 Å². The SMILES string of the molecule is CC(C)C(N)C(=O)NCCCCN(C)C. The number of nitrogens with two attached hydrogens (primary N) is 1. The van der Waals surface area contributed by atoms with E-state index in [1.165, 1.54) is 0 Å². The molecular weight excluding hydrogens is 190 g/mol. The van der Waals surface area contributed by atoms with Crippen LogP contribution < -0.4 is 11.1 Å². The van der Waals surface area contributed by atoms with Crippen LogP contribution in [0, 0.1) is 5.92 Å². The molecule has 0 aliphatic carbocycles. The first-order chi connectivity index (χ1) is 6.95. The van der Waals surface area contributed by atoms with E-state index >= 15 is 0 Å². The highest BCUT2D eigenvalue weighted by atomic mass is 16.2. The fraction of sp³-hybridized carbons (Fsp3) is 0.909. The fourth-order valence-electron chi connectivity index (χ4n) is 1.19. The molecule has 0 spiro atoms. The third kappa shape index (κ3) is 7.33. The minimum Gasteiger partial charge on any atom is -0.355 e. The summed E-state index contributed by atoms with van der Waals surface area (Å²) >= 11 is 0. The third-order valence-electron chi connectivity index (χ3n) is 2.35. The number of rotatable bonds is 7. The topological polar surface area (TPSA) is 58.4 Å². The number of carbonyl (C=O) groups is 1. The van der Waals surface area contributed by atoms with Crippen LogP contribution in [0.25, 0.3) is 0 Å². The lowest BCUT2D eigenvalue weighted by Crippen LogP contribution is -2.44. The molecule has 1 atom stereocenters. The van der Waals surface area contributed by atoms with Crippen molar-refractivity contribution in [3.05, 3.63) is 0 Å². The van der Waals surface area contributed by atoms with Gasteiger partial charge in [-0.2, -0.15) is 0 Å². The first kappa shape index (κ1) is 14.4. The quantitative estimate of drug-likeness (QED) is 0.605. The minimum atomic E-state index is -0.376. The van der Waals surface area contributed by atoms with Crippen molar-refractivity contribution in [3.63, 3.8) is 0 Å². The molecule has 0 bridgehead atoms. The van der Waals surface area contributed by atoms with Crippen LogP contribution in [0.2, 0.25) is 0 Å². The Labute approximate surface area is 93.2 Å². The van der Waals surface area contributed by atoms with Gasteiger partial charge in [0.1, 0.15) is 0 Å². The number of nitrogens with zero attached hydrogens (tertiary/aromatic N) is 1. The van der Waals surface area contributed by atoms with Gasteiger partial charge in [0, 0.05) is 6.54 Å². The lowest BCUT2D eigenvalue weighted by molar-refractivity contribution is -0.123. The van der Waals surface area contributed by atoms with Crippen LogP contribution in [0.15, 0.2) is 0 Å². The molecule has 4 nitrogen and oxygen atoms in total. The van der Waals surface area contributed by atoms with Crippen molar-refractivity contribution in [2.45, 2.75) is 32.7 Å². The monoisotopic (exact) mass is 215 g/mol. The number of hydrogen-bond acceptors (Lipinski definition) is 3. The molecule has 1 unspecified atom stereocenters. The lowest BCUT2D eigenvalue weighted by Gasteiger charge is -2.15. The average molecular weight is 215 g/mol. The van der Waals surface area contributed by atoms with E-state index in [1.807, 2.05) is 27.9 Å². The summed E-state index contributed by atoms with van der Waals surface area (Å²) in [7, 11) is 4.10. The van der Waals surface area contributed by atoms with Gasteiger partial charge >= 0.3 is 0 Å². The predicted octanol–water partition coefficient (Wildman–Crippen LogP) is 0.428. The van der Waals surface area contributed by atoms with Gasteiger partial charge < -0.3 is 16.0 Å². The summed E-state index contributed by atoms with van der Waals surface area (Å²) in [6.45, 7) is 5.70. The van der Waals surface area contributed by atoms with E-state index in [4.69, 9.17) is 5.73 Å². The van der Waals surface area contributed by atoms with Gasteiger partial charge in [-0.05, 0) is 39.4 Å². The minimum absolute atomic E-state index is 0.0325. The van der Waals surface area contributed by atoms with Gasteiger partial charge in [0.2, 0.25) is 5.91 Å². The predicted molar refractivity (Wildman–Crippen MR) is 63.6 cm³/mol. The van der Waals surface area contributed by atoms with Gasteiger partial charge in [-0.25, -0.2) is 0 Å². The Bertz CT molecular complexity index is 181. The summed E-state index contributed by atoms with van der Waals surface area (Å²) in [6.07, 6.45) is 2.11. The Balaban J connectivity index is 3.47. The lowest BCUT2D eigenvalue weighted by atomic mass is 10.1. The molecule has 1 amide bonds. The third-order valence-corrected chi connectivity index (χ3v) is 2.35. The molecule has 0 heterocycles. The van der Waals surface area contributed by atoms with E-state index in [-0.39, 0.29) is 17.9 Å². The van der Waals surface area contributed by atoms with Crippen LogP contribution >= 0.6 is 0 Å². The number of carbonyl (C=O) groups excluding carboxylic acids is 1. The van der Waals surface area contributed by atoms with Crippen molar-refractivity contribution < 1.29 is 4.79 Å². The van der Waals surface area contributed by atoms with Crippen LogP contribution in [0.3, 0.4) is 0 Å². The van der Waals surface area contributed by atoms with E-state index in [9.17, 15) is 4.79 Å². The largest absolute Gasteiger partial charge is 0.355 e. The maximum Gasteiger partial charge on any atom is 0.237 e. The molecule has 0 aromatic rings. The summed E-state index contributed by atoms with van der Waals surface area (Å²) in [5, 5.41) is 2.86. The van der Waals surface area contributed by atoms with Crippen molar-refractivity contribution in [1.82, 2.24) is 10.2 Å². The zero-order valence-corrected chi connectivity index (χ0v) is 10.4. The molecule has 0 aromatic heterocycles. The Hall–Kier alpha value is -0.610. The molecule has 0 radical (unpaired) electrons. The fourth-order valence-corrected chi connectivity index (χ4v) is 1.19. The normalized spacial score (nSPS) is 13.3. The maximum atomic E-state index is 11.4. The summed E-state index contributed by atoms with van der Waals surface area (Å²) in [5.74, 6) is 0.168. The molecule has 0 saturated heterocycles. The van der Waals surface area contributed by atoms with Gasteiger partial charge in [0.05, 0.1) is 6.04 Å². The van der Waals surface area contributed by atoms with Crippen LogP contribution in [0.4, 0.5) is 0 Å². The molecule has 0 rings (SSSR count). The van der Waals surface area contributed by atoms with Crippen LogP contribution in [0.1, 0.15) is 26.7 Å². The number of hydrogen-bond donors (Lipinski definition) is 2. The van der Waals surface area contributed by atoms with Gasteiger partial charge in [0.15, 0.2) is 0 Å². The summed E-state index contributed by atoms with van der Waals surface area (Å²) < 4.78 is 0. The molecule has 4 heteroatoms. The highest BCUT2D eigenvalue weighted by molar-refractivity contribution is 5.81. The van der Waals surface area contributed by atoms with Crippen molar-refractivity contribution in [1.29, 1.82) is 0 Å². The summed E-state index contributed by atoms with van der Waals surface area (Å²) in [5.41, 5.74) is 5.70. The molecule has 0 aliphatic rings. The maximum absolute atomic E-state index is 11.4. The highest BCUT2D eigenvalue weighted by Crippen LogP contribution is 1.98. The van der Waals surface area contributed by atoms with Gasteiger partial charge in [0.25, 0.3) is 0 Å². The zero-order chi connectivity index (χ0) is 11.8. The summed E-state index contributed by atoms with van der Waals surface area (Å²) in [4.78, 5) is 13.6. The highest BCUT2D eigenvalue weighted by Gasteiger charge is 2.15. The second-order valence-electron chi connectivity index (χ2n) is 4.57. The Morgan fingerprint density at radius 2 is 1.93 bits per heavy atom. The van der Waals surface area contributed by atoms with Crippen LogP contribution in [-0.2, 0) is 4.79 Å². The first-order valence-corrected chi connectivity index (χ1v) is 5.63. The van der Waals surface area contributed by atoms with E-state index in [1.54, 1.807) is 0 Å². The molecular formula is C11H25N3O. The summed E-state index contributed by atoms with van der Waals surface area (Å²) in [6, 6.07) is -0.376. The number of amides is 1. The van der Waals surface area contributed by atoms with E-state index < -0.39 is 0 Å². The molecule has 0 saturated carbocycles. The Morgan fingerprint density at radius 3 is 2.40 bits per heavy atom. The van der Waals surface area contributed by atoms with Crippen molar-refractivity contribution >= 4 is 5.91 Å². The van der Waals surface area contributed by atoms with E-state index in [0.717, 1.165) is 25.9 Å². The molecule has 15 heavy (non-hydrogen) atoms. The molecule has 0 fully saturated rings. The molecule has 90 valence electrons. The standard InChI is InChI=1S/C11H25N3O/c1-9(2)10(12)11(15)13-7-5-6-8-14(3)4/h9-10H,5-8,12H2,1-4H3,(H,13,15). The van der Waals surface area contributed by atoms with Crippen molar-refractivity contribution in [2.24, 2.45) is 11.7 Å². The number of nitrogens with one attached hydrogen (secondary N) is 1. The number of unbranched alkanes of at least 4 members (excludes halogenated alkanes) is 1. The molecule has 3 N–H and O–H groups in total. The van der Waals surface area contributed by atoms with Gasteiger partial charge in [-0.1, -0.05) is 13.8 Å². The first-order valence-electron chi connectivity index (χ1n) is 5.63. The second kappa shape index (κ2) is 7.65. The van der Waals surface area contributed by atoms with Gasteiger partial charge in [-0.3, -0.25) is 4.79 Å². The van der Waals surface area contributed by atoms with Crippen molar-refractivity contribution in [3.8, 4) is 0 Å². The molecule has 0 aromatic carbocycles. The Kier molecular flexibility index (Phi) is 7.34. The Morgan fingerprint density at radius 1 is 1.33 bits per heavy atom. The average Bonchev–Trinajstić information content (AvgIpc) is 2.15. The van der Waals surface area contributed by atoms with Crippen LogP contribution in [-0.4, -0.2) is 44.0 Å². The smallest absolute Gasteiger partial charge is 0.237 e. The molecule has 0 aliphatic heterocycles. The van der Waals surface area contributed by atoms with Crippen molar-refractivity contribution in [2.75, 3.05) is 27.2 Å². The van der Waals surface area contributed by atoms with Crippen LogP contribution in [0.5, 0.6) is 0 Å².